The van der Waals surface area contributed by atoms with E-state index in [0.717, 1.165) is 5.39 Å². The fourth-order valence-corrected chi connectivity index (χ4v) is 1.89. The minimum absolute atomic E-state index is 0.139. The maximum atomic E-state index is 9.00. The molecule has 1 aromatic carbocycles. The molecular formula is C13H7ClN6. The fraction of sp³-hybridized carbons (Fsp3) is 0.0769. The third kappa shape index (κ3) is 2.40. The highest BCUT2D eigenvalue weighted by Gasteiger charge is 2.10. The van der Waals surface area contributed by atoms with Crippen LogP contribution in [-0.2, 0) is 7.05 Å². The van der Waals surface area contributed by atoms with Gasteiger partial charge in [0.1, 0.15) is 23.9 Å². The van der Waals surface area contributed by atoms with Gasteiger partial charge >= 0.3 is 0 Å². The smallest absolute Gasteiger partial charge is 0.163 e. The van der Waals surface area contributed by atoms with E-state index in [1.54, 1.807) is 48.3 Å². The lowest BCUT2D eigenvalue weighted by Gasteiger charge is -2.06. The number of hydrogen-bond acceptors (Lipinski definition) is 5. The number of rotatable bonds is 2. The third-order valence-corrected chi connectivity index (χ3v) is 2.87. The van der Waals surface area contributed by atoms with Gasteiger partial charge in [-0.25, -0.2) is 0 Å². The summed E-state index contributed by atoms with van der Waals surface area (Å²) in [4.78, 5) is 0. The first-order valence-electron chi connectivity index (χ1n) is 5.43. The van der Waals surface area contributed by atoms with Crippen LogP contribution in [0.2, 0.25) is 5.02 Å². The molecule has 0 aliphatic carbocycles. The van der Waals surface area contributed by atoms with Crippen LogP contribution in [0.1, 0.15) is 0 Å². The topological polar surface area (TPSA) is 101 Å². The van der Waals surface area contributed by atoms with Gasteiger partial charge in [-0.05, 0) is 12.1 Å². The standard InChI is InChI=1S/C13H7ClN6/c1-20-7-8-2-12(10(14)3-11(8)19-20)18-13(6-17)9(4-15)5-16/h2-3,7,18H,1H3. The number of anilines is 1. The van der Waals surface area contributed by atoms with Crippen LogP contribution in [0.5, 0.6) is 0 Å². The Hall–Kier alpha value is -3.01. The van der Waals surface area contributed by atoms with Crippen molar-refractivity contribution in [2.45, 2.75) is 0 Å². The molecule has 0 aliphatic rings. The van der Waals surface area contributed by atoms with E-state index in [2.05, 4.69) is 10.4 Å². The van der Waals surface area contributed by atoms with Crippen molar-refractivity contribution in [2.75, 3.05) is 5.32 Å². The molecule has 20 heavy (non-hydrogen) atoms. The molecule has 96 valence electrons. The number of nitrogens with one attached hydrogen (secondary N) is 1. The quantitative estimate of drug-likeness (QED) is 0.853. The predicted molar refractivity (Wildman–Crippen MR) is 73.2 cm³/mol. The van der Waals surface area contributed by atoms with Crippen LogP contribution in [0.3, 0.4) is 0 Å². The summed E-state index contributed by atoms with van der Waals surface area (Å²) in [5.41, 5.74) is 0.716. The summed E-state index contributed by atoms with van der Waals surface area (Å²) in [7, 11) is 1.78. The Kier molecular flexibility index (Phi) is 3.57. The molecule has 0 spiro atoms. The van der Waals surface area contributed by atoms with Crippen LogP contribution in [0.4, 0.5) is 5.69 Å². The van der Waals surface area contributed by atoms with E-state index in [0.29, 0.717) is 16.2 Å². The van der Waals surface area contributed by atoms with Crippen LogP contribution in [0.15, 0.2) is 29.6 Å². The second-order valence-corrected chi connectivity index (χ2v) is 4.31. The number of aromatic nitrogens is 2. The Bertz CT molecular complexity index is 825. The average Bonchev–Trinajstić information content (AvgIpc) is 2.78. The van der Waals surface area contributed by atoms with Crippen LogP contribution >= 0.6 is 11.6 Å². The average molecular weight is 283 g/mol. The molecule has 0 radical (unpaired) electrons. The van der Waals surface area contributed by atoms with E-state index in [9.17, 15) is 0 Å². The molecule has 1 N–H and O–H groups in total. The van der Waals surface area contributed by atoms with Crippen molar-refractivity contribution in [3.63, 3.8) is 0 Å². The predicted octanol–water partition coefficient (Wildman–Crippen LogP) is 2.46. The largest absolute Gasteiger partial charge is 0.344 e. The number of hydrogen-bond donors (Lipinski definition) is 1. The van der Waals surface area contributed by atoms with Gasteiger partial charge in [-0.2, -0.15) is 20.9 Å². The maximum absolute atomic E-state index is 9.00. The molecule has 0 unspecified atom stereocenters. The van der Waals surface area contributed by atoms with Crippen LogP contribution < -0.4 is 5.32 Å². The van der Waals surface area contributed by atoms with Gasteiger partial charge in [0.05, 0.1) is 16.2 Å². The Balaban J connectivity index is 2.52. The van der Waals surface area contributed by atoms with Gasteiger partial charge in [-0.3, -0.25) is 4.68 Å². The van der Waals surface area contributed by atoms with Crippen molar-refractivity contribution < 1.29 is 0 Å². The second kappa shape index (κ2) is 5.32. The summed E-state index contributed by atoms with van der Waals surface area (Å²) in [5.74, 6) is 0. The molecule has 0 amide bonds. The number of fused-ring (bicyclic) bond motifs is 1. The highest BCUT2D eigenvalue weighted by atomic mass is 35.5. The summed E-state index contributed by atoms with van der Waals surface area (Å²) in [6, 6.07) is 8.44. The van der Waals surface area contributed by atoms with Gasteiger partial charge < -0.3 is 5.32 Å². The molecular weight excluding hydrogens is 276 g/mol. The minimum Gasteiger partial charge on any atom is -0.344 e. The maximum Gasteiger partial charge on any atom is 0.163 e. The van der Waals surface area contributed by atoms with Gasteiger partial charge in [0.2, 0.25) is 0 Å². The molecule has 2 rings (SSSR count). The van der Waals surface area contributed by atoms with E-state index in [-0.39, 0.29) is 11.3 Å². The summed E-state index contributed by atoms with van der Waals surface area (Å²) in [6.07, 6.45) is 1.79. The van der Waals surface area contributed by atoms with E-state index in [1.165, 1.54) is 0 Å². The van der Waals surface area contributed by atoms with E-state index in [4.69, 9.17) is 27.4 Å². The number of aryl methyl sites for hydroxylation is 1. The van der Waals surface area contributed by atoms with Crippen LogP contribution in [-0.4, -0.2) is 9.78 Å². The van der Waals surface area contributed by atoms with Crippen LogP contribution in [0, 0.1) is 34.0 Å². The normalized spacial score (nSPS) is 9.35. The highest BCUT2D eigenvalue weighted by molar-refractivity contribution is 6.34. The van der Waals surface area contributed by atoms with Crippen molar-refractivity contribution >= 4 is 28.2 Å². The summed E-state index contributed by atoms with van der Waals surface area (Å²) in [6.45, 7) is 0. The molecule has 7 heteroatoms. The summed E-state index contributed by atoms with van der Waals surface area (Å²) >= 11 is 6.10. The van der Waals surface area contributed by atoms with Crippen molar-refractivity contribution in [2.24, 2.45) is 7.05 Å². The van der Waals surface area contributed by atoms with Gasteiger partial charge in [-0.15, -0.1) is 0 Å². The molecule has 0 bridgehead atoms. The molecule has 0 atom stereocenters. The SMILES string of the molecule is Cn1cc2cc(NC(C#N)=C(C#N)C#N)c(Cl)cc2n1. The zero-order valence-electron chi connectivity index (χ0n) is 10.3. The summed E-state index contributed by atoms with van der Waals surface area (Å²) < 4.78 is 1.64. The molecule has 0 fully saturated rings. The Morgan fingerprint density at radius 3 is 2.55 bits per heavy atom. The lowest BCUT2D eigenvalue weighted by Crippen LogP contribution is -2.01. The third-order valence-electron chi connectivity index (χ3n) is 2.55. The molecule has 0 saturated carbocycles. The number of halogens is 1. The van der Waals surface area contributed by atoms with Gasteiger partial charge in [0, 0.05) is 18.6 Å². The Morgan fingerprint density at radius 1 is 1.25 bits per heavy atom. The molecule has 1 heterocycles. The first-order valence-corrected chi connectivity index (χ1v) is 5.81. The fourth-order valence-electron chi connectivity index (χ4n) is 1.68. The molecule has 2 aromatic rings. The number of nitrogens with zero attached hydrogens (tertiary/aromatic N) is 5. The first-order chi connectivity index (χ1) is 9.58. The minimum atomic E-state index is -0.296. The second-order valence-electron chi connectivity index (χ2n) is 3.90. The lowest BCUT2D eigenvalue weighted by atomic mass is 10.2. The van der Waals surface area contributed by atoms with Crippen molar-refractivity contribution in [3.05, 3.63) is 34.6 Å². The molecule has 0 saturated heterocycles. The number of benzene rings is 1. The lowest BCUT2D eigenvalue weighted by molar-refractivity contribution is 0.780. The molecule has 6 nitrogen and oxygen atoms in total. The number of allylic oxidation sites excluding steroid dienone is 2. The summed E-state index contributed by atoms with van der Waals surface area (Å²) in [5, 5.41) is 34.6. The van der Waals surface area contributed by atoms with Crippen molar-refractivity contribution in [3.8, 4) is 18.2 Å². The molecule has 0 aliphatic heterocycles. The Labute approximate surface area is 119 Å². The van der Waals surface area contributed by atoms with E-state index < -0.39 is 0 Å². The first kappa shape index (κ1) is 13.4. The van der Waals surface area contributed by atoms with E-state index in [1.807, 2.05) is 0 Å². The number of nitriles is 3. The van der Waals surface area contributed by atoms with Gasteiger partial charge in [-0.1, -0.05) is 11.6 Å². The van der Waals surface area contributed by atoms with Crippen molar-refractivity contribution in [1.82, 2.24) is 9.78 Å². The Morgan fingerprint density at radius 2 is 1.95 bits per heavy atom. The monoisotopic (exact) mass is 282 g/mol. The zero-order valence-corrected chi connectivity index (χ0v) is 11.1. The van der Waals surface area contributed by atoms with E-state index >= 15 is 0 Å². The van der Waals surface area contributed by atoms with Crippen LogP contribution in [0.25, 0.3) is 10.9 Å². The van der Waals surface area contributed by atoms with Gasteiger partial charge in [0.25, 0.3) is 0 Å². The van der Waals surface area contributed by atoms with Crippen molar-refractivity contribution in [1.29, 1.82) is 15.8 Å². The van der Waals surface area contributed by atoms with Gasteiger partial charge in [0.15, 0.2) is 5.57 Å². The molecule has 1 aromatic heterocycles. The zero-order chi connectivity index (χ0) is 14.7. The highest BCUT2D eigenvalue weighted by Crippen LogP contribution is 2.28.